The predicted octanol–water partition coefficient (Wildman–Crippen LogP) is 0.832. The van der Waals surface area contributed by atoms with Crippen molar-refractivity contribution in [2.75, 3.05) is 19.4 Å². The summed E-state index contributed by atoms with van der Waals surface area (Å²) in [6.45, 7) is 1.89. The van der Waals surface area contributed by atoms with E-state index in [4.69, 9.17) is 4.74 Å². The number of fused-ring (bicyclic) bond motifs is 1. The largest absolute Gasteiger partial charge is 0.450 e. The van der Waals surface area contributed by atoms with Crippen LogP contribution in [0.25, 0.3) is 0 Å². The Morgan fingerprint density at radius 1 is 1.19 bits per heavy atom. The number of rotatable bonds is 4. The fourth-order valence-corrected chi connectivity index (χ4v) is 5.60. The van der Waals surface area contributed by atoms with E-state index in [0.29, 0.717) is 18.4 Å². The van der Waals surface area contributed by atoms with Crippen LogP contribution in [-0.2, 0) is 14.3 Å². The molecule has 0 radical (unpaired) electrons. The summed E-state index contributed by atoms with van der Waals surface area (Å²) in [5.41, 5.74) is 3.30. The number of thioether (sulfide) groups is 1. The van der Waals surface area contributed by atoms with Gasteiger partial charge in [0.2, 0.25) is 11.8 Å². The van der Waals surface area contributed by atoms with Gasteiger partial charge in [-0.15, -0.1) is 11.8 Å². The van der Waals surface area contributed by atoms with Crippen LogP contribution in [0.15, 0.2) is 0 Å². The van der Waals surface area contributed by atoms with E-state index in [1.807, 2.05) is 7.05 Å². The van der Waals surface area contributed by atoms with E-state index in [1.165, 1.54) is 6.42 Å². The fourth-order valence-electron chi connectivity index (χ4n) is 4.26. The molecule has 5 atom stereocenters. The lowest BCUT2D eigenvalue weighted by atomic mass is 9.81. The van der Waals surface area contributed by atoms with Gasteiger partial charge in [-0.25, -0.2) is 15.2 Å². The van der Waals surface area contributed by atoms with Crippen molar-refractivity contribution in [3.05, 3.63) is 0 Å². The fraction of sp³-hybridized carbons (Fsp3) is 0.824. The minimum absolute atomic E-state index is 0.0559. The Balaban J connectivity index is 1.58. The van der Waals surface area contributed by atoms with Gasteiger partial charge in [-0.05, 0) is 31.9 Å². The first-order valence-electron chi connectivity index (χ1n) is 9.40. The van der Waals surface area contributed by atoms with Crippen LogP contribution < -0.4 is 16.1 Å². The van der Waals surface area contributed by atoms with E-state index in [2.05, 4.69) is 21.1 Å². The lowest BCUT2D eigenvalue weighted by Crippen LogP contribution is -2.51. The molecule has 2 aliphatic heterocycles. The molecule has 8 nitrogen and oxygen atoms in total. The molecule has 0 spiro atoms. The van der Waals surface area contributed by atoms with Crippen LogP contribution in [-0.4, -0.2) is 59.8 Å². The summed E-state index contributed by atoms with van der Waals surface area (Å²) in [7, 11) is 2.00. The molecule has 1 aliphatic carbocycles. The van der Waals surface area contributed by atoms with Crippen molar-refractivity contribution in [2.24, 2.45) is 11.8 Å². The first-order chi connectivity index (χ1) is 12.5. The topological polar surface area (TPSA) is 99.8 Å². The zero-order valence-corrected chi connectivity index (χ0v) is 16.1. The molecule has 5 unspecified atom stereocenters. The quantitative estimate of drug-likeness (QED) is 0.660. The Morgan fingerprint density at radius 3 is 2.73 bits per heavy atom. The van der Waals surface area contributed by atoms with Crippen LogP contribution in [0.3, 0.4) is 0 Å². The average Bonchev–Trinajstić information content (AvgIpc) is 3.20. The third-order valence-electron chi connectivity index (χ3n) is 5.55. The van der Waals surface area contributed by atoms with Gasteiger partial charge in [0.25, 0.3) is 0 Å². The minimum Gasteiger partial charge on any atom is -0.450 e. The van der Waals surface area contributed by atoms with Gasteiger partial charge in [-0.3, -0.25) is 14.9 Å². The number of imide groups is 1. The highest BCUT2D eigenvalue weighted by atomic mass is 32.2. The maximum Gasteiger partial charge on any atom is 0.413 e. The van der Waals surface area contributed by atoms with Gasteiger partial charge < -0.3 is 10.1 Å². The van der Waals surface area contributed by atoms with Gasteiger partial charge in [0, 0.05) is 19.0 Å². The van der Waals surface area contributed by atoms with Gasteiger partial charge >= 0.3 is 6.09 Å². The van der Waals surface area contributed by atoms with Crippen LogP contribution in [0.2, 0.25) is 0 Å². The second-order valence-corrected chi connectivity index (χ2v) is 8.39. The number of carbonyl (C=O) groups excluding carboxylic acids is 3. The molecule has 0 aromatic rings. The van der Waals surface area contributed by atoms with Crippen LogP contribution in [0, 0.1) is 11.8 Å². The number of ether oxygens (including phenoxy) is 1. The number of hydrazine groups is 1. The number of carbonyl (C=O) groups is 3. The third-order valence-corrected chi connectivity index (χ3v) is 6.82. The molecular weight excluding hydrogens is 356 g/mol. The van der Waals surface area contributed by atoms with Crippen molar-refractivity contribution in [3.8, 4) is 0 Å². The van der Waals surface area contributed by atoms with Gasteiger partial charge in [0.05, 0.1) is 17.9 Å². The van der Waals surface area contributed by atoms with Crippen molar-refractivity contribution in [2.45, 2.75) is 56.5 Å². The van der Waals surface area contributed by atoms with E-state index in [-0.39, 0.29) is 29.8 Å². The molecule has 0 aromatic heterocycles. The first kappa shape index (κ1) is 19.4. The van der Waals surface area contributed by atoms with Gasteiger partial charge in [0.1, 0.15) is 6.04 Å². The monoisotopic (exact) mass is 384 g/mol. The van der Waals surface area contributed by atoms with Gasteiger partial charge in [-0.2, -0.15) is 0 Å². The Labute approximate surface area is 158 Å². The molecule has 1 saturated carbocycles. The van der Waals surface area contributed by atoms with Crippen LogP contribution in [0.1, 0.15) is 39.0 Å². The lowest BCUT2D eigenvalue weighted by Gasteiger charge is -2.29. The summed E-state index contributed by atoms with van der Waals surface area (Å²) in [5, 5.41) is 7.05. The molecule has 9 heteroatoms. The van der Waals surface area contributed by atoms with E-state index in [0.717, 1.165) is 25.0 Å². The molecule has 3 fully saturated rings. The molecule has 3 rings (SSSR count). The maximum atomic E-state index is 12.9. The number of hydrogen-bond donors (Lipinski definition) is 3. The number of alkyl carbamates (subject to hydrolysis) is 1. The molecule has 3 aliphatic rings. The smallest absolute Gasteiger partial charge is 0.413 e. The molecule has 146 valence electrons. The molecule has 26 heavy (non-hydrogen) atoms. The SMILES string of the molecule is CCOC(=O)NC(=O)C1CCSC1NC(=O)C1NN(C)C2CCCCC12. The molecule has 3 N–H and O–H groups in total. The molecule has 3 amide bonds. The second-order valence-electron chi connectivity index (χ2n) is 7.14. The Hall–Kier alpha value is -1.32. The summed E-state index contributed by atoms with van der Waals surface area (Å²) in [6.07, 6.45) is 4.42. The molecule has 0 aromatic carbocycles. The van der Waals surface area contributed by atoms with E-state index in [9.17, 15) is 14.4 Å². The normalized spacial score (nSPS) is 34.2. The standard InChI is InChI=1S/C17H28N4O4S/c1-3-25-17(24)19-14(22)11-8-9-26-16(11)18-15(23)13-10-6-4-5-7-12(10)21(2)20-13/h10-13,16,20H,3-9H2,1-2H3,(H,18,23)(H,19,22,24). The first-order valence-corrected chi connectivity index (χ1v) is 10.4. The second kappa shape index (κ2) is 8.58. The average molecular weight is 385 g/mol. The zero-order valence-electron chi connectivity index (χ0n) is 15.3. The van der Waals surface area contributed by atoms with Crippen LogP contribution in [0.4, 0.5) is 4.79 Å². The molecule has 0 bridgehead atoms. The number of amides is 3. The molecule has 2 saturated heterocycles. The van der Waals surface area contributed by atoms with Crippen LogP contribution >= 0.6 is 11.8 Å². The third kappa shape index (κ3) is 4.15. The highest BCUT2D eigenvalue weighted by Gasteiger charge is 2.45. The van der Waals surface area contributed by atoms with Crippen molar-refractivity contribution >= 4 is 29.7 Å². The van der Waals surface area contributed by atoms with Gasteiger partial charge in [0.15, 0.2) is 0 Å². The van der Waals surface area contributed by atoms with Crippen molar-refractivity contribution in [1.29, 1.82) is 0 Å². The zero-order chi connectivity index (χ0) is 18.7. The predicted molar refractivity (Wildman–Crippen MR) is 98.1 cm³/mol. The van der Waals surface area contributed by atoms with Crippen LogP contribution in [0.5, 0.6) is 0 Å². The van der Waals surface area contributed by atoms with E-state index < -0.39 is 12.0 Å². The summed E-state index contributed by atoms with van der Waals surface area (Å²) in [5.74, 6) is 0.225. The van der Waals surface area contributed by atoms with E-state index in [1.54, 1.807) is 18.7 Å². The van der Waals surface area contributed by atoms with Crippen molar-refractivity contribution < 1.29 is 19.1 Å². The number of nitrogens with zero attached hydrogens (tertiary/aromatic N) is 1. The minimum atomic E-state index is -0.733. The summed E-state index contributed by atoms with van der Waals surface area (Å²) in [6, 6.07) is 0.152. The molecule has 2 heterocycles. The summed E-state index contributed by atoms with van der Waals surface area (Å²) >= 11 is 1.55. The summed E-state index contributed by atoms with van der Waals surface area (Å²) < 4.78 is 4.76. The van der Waals surface area contributed by atoms with E-state index >= 15 is 0 Å². The Kier molecular flexibility index (Phi) is 6.42. The highest BCUT2D eigenvalue weighted by Crippen LogP contribution is 2.35. The molecular formula is C17H28N4O4S. The maximum absolute atomic E-state index is 12.9. The number of nitrogens with one attached hydrogen (secondary N) is 3. The highest BCUT2D eigenvalue weighted by molar-refractivity contribution is 8.00. The Bertz CT molecular complexity index is 561. The van der Waals surface area contributed by atoms with Crippen molar-refractivity contribution in [1.82, 2.24) is 21.1 Å². The lowest BCUT2D eigenvalue weighted by molar-refractivity contribution is -0.126. The Morgan fingerprint density at radius 2 is 1.96 bits per heavy atom. The summed E-state index contributed by atoms with van der Waals surface area (Å²) in [4.78, 5) is 36.7. The van der Waals surface area contributed by atoms with Gasteiger partial charge in [-0.1, -0.05) is 12.8 Å². The van der Waals surface area contributed by atoms with Crippen molar-refractivity contribution in [3.63, 3.8) is 0 Å². The number of hydrogen-bond acceptors (Lipinski definition) is 7.